The molecule has 1 aromatic carbocycles. The van der Waals surface area contributed by atoms with E-state index in [9.17, 15) is 9.59 Å². The Kier molecular flexibility index (Phi) is 5.26. The van der Waals surface area contributed by atoms with Crippen molar-refractivity contribution in [3.8, 4) is 0 Å². The van der Waals surface area contributed by atoms with E-state index in [-0.39, 0.29) is 24.2 Å². The van der Waals surface area contributed by atoms with E-state index in [0.717, 1.165) is 12.1 Å². The Morgan fingerprint density at radius 3 is 2.70 bits per heavy atom. The van der Waals surface area contributed by atoms with Crippen molar-refractivity contribution in [2.45, 2.75) is 12.8 Å². The molecule has 0 aromatic heterocycles. The lowest BCUT2D eigenvalue weighted by molar-refractivity contribution is -0.126. The molecule has 108 valence electrons. The summed E-state index contributed by atoms with van der Waals surface area (Å²) in [4.78, 5) is 25.6. The van der Waals surface area contributed by atoms with E-state index in [1.54, 1.807) is 29.2 Å². The third kappa shape index (κ3) is 3.64. The van der Waals surface area contributed by atoms with Crippen LogP contribution in [0.5, 0.6) is 0 Å². The van der Waals surface area contributed by atoms with Gasteiger partial charge in [-0.05, 0) is 30.7 Å². The van der Waals surface area contributed by atoms with Crippen molar-refractivity contribution in [2.24, 2.45) is 5.92 Å². The first kappa shape index (κ1) is 15.1. The molecular weight excluding hydrogens is 299 g/mol. The van der Waals surface area contributed by atoms with Gasteiger partial charge in [-0.2, -0.15) is 0 Å². The van der Waals surface area contributed by atoms with Crippen LogP contribution in [0.2, 0.25) is 5.02 Å². The molecule has 0 bridgehead atoms. The second-order valence-electron chi connectivity index (χ2n) is 4.72. The maximum absolute atomic E-state index is 12.0. The Balaban J connectivity index is 1.96. The van der Waals surface area contributed by atoms with E-state index in [1.807, 2.05) is 0 Å². The highest BCUT2D eigenvalue weighted by Gasteiger charge is 2.34. The Bertz CT molecular complexity index is 490. The molecule has 1 saturated heterocycles. The highest BCUT2D eigenvalue weighted by Crippen LogP contribution is 2.26. The molecule has 1 atom stereocenters. The van der Waals surface area contributed by atoms with Crippen molar-refractivity contribution in [1.29, 1.82) is 0 Å². The first-order valence-corrected chi connectivity index (χ1v) is 7.42. The van der Waals surface area contributed by atoms with Gasteiger partial charge in [0.1, 0.15) is 0 Å². The Hall–Kier alpha value is -1.26. The predicted octanol–water partition coefficient (Wildman–Crippen LogP) is 2.44. The molecule has 1 aliphatic rings. The summed E-state index contributed by atoms with van der Waals surface area (Å²) in [6.07, 6.45) is 0.976. The van der Waals surface area contributed by atoms with Crippen LogP contribution < -0.4 is 10.2 Å². The summed E-state index contributed by atoms with van der Waals surface area (Å²) in [5, 5.41) is 3.42. The summed E-state index contributed by atoms with van der Waals surface area (Å²) in [5.41, 5.74) is 0.774. The quantitative estimate of drug-likeness (QED) is 0.670. The smallest absolute Gasteiger partial charge is 0.227 e. The Morgan fingerprint density at radius 1 is 1.35 bits per heavy atom. The number of benzene rings is 1. The molecule has 0 radical (unpaired) electrons. The van der Waals surface area contributed by atoms with Gasteiger partial charge < -0.3 is 10.2 Å². The van der Waals surface area contributed by atoms with Crippen molar-refractivity contribution < 1.29 is 9.59 Å². The van der Waals surface area contributed by atoms with Crippen LogP contribution in [0.1, 0.15) is 12.8 Å². The van der Waals surface area contributed by atoms with Gasteiger partial charge >= 0.3 is 0 Å². The van der Waals surface area contributed by atoms with Crippen molar-refractivity contribution in [1.82, 2.24) is 5.32 Å². The number of hydrogen-bond donors (Lipinski definition) is 1. The van der Waals surface area contributed by atoms with Crippen molar-refractivity contribution in [2.75, 3.05) is 23.9 Å². The van der Waals surface area contributed by atoms with Crippen molar-refractivity contribution in [3.05, 3.63) is 29.3 Å². The summed E-state index contributed by atoms with van der Waals surface area (Å²) in [7, 11) is 0. The molecule has 0 saturated carbocycles. The molecule has 6 heteroatoms. The Labute approximate surface area is 128 Å². The molecule has 1 aromatic rings. The fourth-order valence-electron chi connectivity index (χ4n) is 2.18. The standard InChI is InChI=1S/C14H16Cl2N2O2/c15-6-1-7-17-14(20)10-8-13(19)18(9-10)12-4-2-11(16)3-5-12/h2-5,10H,1,6-9H2,(H,17,20). The highest BCUT2D eigenvalue weighted by atomic mass is 35.5. The number of halogens is 2. The minimum absolute atomic E-state index is 0.0372. The number of carbonyl (C=O) groups excluding carboxylic acids is 2. The molecular formula is C14H16Cl2N2O2. The van der Waals surface area contributed by atoms with E-state index in [0.29, 0.717) is 24.0 Å². The number of carbonyl (C=O) groups is 2. The second kappa shape index (κ2) is 6.95. The van der Waals surface area contributed by atoms with E-state index < -0.39 is 0 Å². The zero-order chi connectivity index (χ0) is 14.5. The van der Waals surface area contributed by atoms with Gasteiger partial charge in [0.15, 0.2) is 0 Å². The van der Waals surface area contributed by atoms with Crippen LogP contribution in [0.15, 0.2) is 24.3 Å². The summed E-state index contributed by atoms with van der Waals surface area (Å²) >= 11 is 11.4. The lowest BCUT2D eigenvalue weighted by atomic mass is 10.1. The number of anilines is 1. The van der Waals surface area contributed by atoms with Crippen LogP contribution in [0, 0.1) is 5.92 Å². The minimum atomic E-state index is -0.298. The molecule has 0 spiro atoms. The van der Waals surface area contributed by atoms with Gasteiger partial charge in [-0.1, -0.05) is 11.6 Å². The largest absolute Gasteiger partial charge is 0.356 e. The monoisotopic (exact) mass is 314 g/mol. The van der Waals surface area contributed by atoms with Crippen molar-refractivity contribution in [3.63, 3.8) is 0 Å². The topological polar surface area (TPSA) is 49.4 Å². The van der Waals surface area contributed by atoms with Crippen LogP contribution in [0.3, 0.4) is 0 Å². The number of nitrogens with one attached hydrogen (secondary N) is 1. The van der Waals surface area contributed by atoms with Gasteiger partial charge in [-0.15, -0.1) is 11.6 Å². The maximum atomic E-state index is 12.0. The zero-order valence-corrected chi connectivity index (χ0v) is 12.5. The molecule has 1 heterocycles. The van der Waals surface area contributed by atoms with Gasteiger partial charge in [0.2, 0.25) is 11.8 Å². The normalized spacial score (nSPS) is 18.4. The summed E-state index contributed by atoms with van der Waals surface area (Å²) < 4.78 is 0. The molecule has 1 aliphatic heterocycles. The molecule has 1 unspecified atom stereocenters. The van der Waals surface area contributed by atoms with Crippen LogP contribution in [0.4, 0.5) is 5.69 Å². The summed E-state index contributed by atoms with van der Waals surface area (Å²) in [5.74, 6) is 0.0964. The molecule has 1 N–H and O–H groups in total. The third-order valence-electron chi connectivity index (χ3n) is 3.24. The minimum Gasteiger partial charge on any atom is -0.356 e. The molecule has 0 aliphatic carbocycles. The van der Waals surface area contributed by atoms with Crippen LogP contribution in [-0.2, 0) is 9.59 Å². The zero-order valence-electron chi connectivity index (χ0n) is 10.9. The SMILES string of the molecule is O=C(NCCCCl)C1CC(=O)N(c2ccc(Cl)cc2)C1. The van der Waals surface area contributed by atoms with Gasteiger partial charge in [0, 0.05) is 36.1 Å². The number of amides is 2. The number of alkyl halides is 1. The highest BCUT2D eigenvalue weighted by molar-refractivity contribution is 6.30. The van der Waals surface area contributed by atoms with Crippen LogP contribution in [-0.4, -0.2) is 30.8 Å². The first-order chi connectivity index (χ1) is 9.61. The molecule has 2 amide bonds. The first-order valence-electron chi connectivity index (χ1n) is 6.51. The lowest BCUT2D eigenvalue weighted by Gasteiger charge is -2.16. The third-order valence-corrected chi connectivity index (χ3v) is 3.76. The van der Waals surface area contributed by atoms with E-state index in [4.69, 9.17) is 23.2 Å². The van der Waals surface area contributed by atoms with Crippen LogP contribution >= 0.6 is 23.2 Å². The Morgan fingerprint density at radius 2 is 2.05 bits per heavy atom. The molecule has 20 heavy (non-hydrogen) atoms. The average Bonchev–Trinajstić information content (AvgIpc) is 2.82. The fourth-order valence-corrected chi connectivity index (χ4v) is 2.44. The van der Waals surface area contributed by atoms with E-state index in [2.05, 4.69) is 5.32 Å². The number of nitrogens with zero attached hydrogens (tertiary/aromatic N) is 1. The van der Waals surface area contributed by atoms with Gasteiger partial charge in [0.25, 0.3) is 0 Å². The van der Waals surface area contributed by atoms with Gasteiger partial charge in [-0.25, -0.2) is 0 Å². The fraction of sp³-hybridized carbons (Fsp3) is 0.429. The summed E-state index contributed by atoms with van der Waals surface area (Å²) in [6, 6.07) is 7.04. The van der Waals surface area contributed by atoms with E-state index in [1.165, 1.54) is 0 Å². The maximum Gasteiger partial charge on any atom is 0.227 e. The summed E-state index contributed by atoms with van der Waals surface area (Å²) in [6.45, 7) is 0.959. The second-order valence-corrected chi connectivity index (χ2v) is 5.53. The molecule has 4 nitrogen and oxygen atoms in total. The van der Waals surface area contributed by atoms with Crippen molar-refractivity contribution >= 4 is 40.7 Å². The lowest BCUT2D eigenvalue weighted by Crippen LogP contribution is -2.33. The number of rotatable bonds is 5. The van der Waals surface area contributed by atoms with Gasteiger partial charge in [0.05, 0.1) is 5.92 Å². The van der Waals surface area contributed by atoms with Crippen LogP contribution in [0.25, 0.3) is 0 Å². The average molecular weight is 315 g/mol. The van der Waals surface area contributed by atoms with Gasteiger partial charge in [-0.3, -0.25) is 9.59 Å². The predicted molar refractivity (Wildman–Crippen MR) is 80.3 cm³/mol. The molecule has 1 fully saturated rings. The number of hydrogen-bond acceptors (Lipinski definition) is 2. The van der Waals surface area contributed by atoms with E-state index >= 15 is 0 Å². The molecule has 2 rings (SSSR count).